The van der Waals surface area contributed by atoms with E-state index in [-0.39, 0.29) is 0 Å². The van der Waals surface area contributed by atoms with E-state index < -0.39 is 0 Å². The molecule has 0 bridgehead atoms. The summed E-state index contributed by atoms with van der Waals surface area (Å²) < 4.78 is 0. The number of benzene rings is 1. The summed E-state index contributed by atoms with van der Waals surface area (Å²) in [5.41, 5.74) is 2.73. The minimum atomic E-state index is 0.352. The number of hydrogen-bond donors (Lipinski definition) is 0. The van der Waals surface area contributed by atoms with Crippen LogP contribution in [0, 0.1) is 24.7 Å². The smallest absolute Gasteiger partial charge is 0.225 e. The first-order chi connectivity index (χ1) is 8.63. The SMILES string of the molecule is Cc1cccc(CC2CN(C(=O)C3CC3C)C2)c1. The van der Waals surface area contributed by atoms with Crippen LogP contribution in [0.1, 0.15) is 24.5 Å². The second-order valence-electron chi connectivity index (χ2n) is 6.12. The molecule has 1 saturated carbocycles. The van der Waals surface area contributed by atoms with Gasteiger partial charge in [-0.3, -0.25) is 4.79 Å². The molecule has 1 aliphatic carbocycles. The molecular formula is C16H21NO. The van der Waals surface area contributed by atoms with Crippen molar-refractivity contribution in [3.63, 3.8) is 0 Å². The fraction of sp³-hybridized carbons (Fsp3) is 0.562. The van der Waals surface area contributed by atoms with Crippen molar-refractivity contribution in [3.05, 3.63) is 35.4 Å². The van der Waals surface area contributed by atoms with E-state index in [0.29, 0.717) is 23.7 Å². The van der Waals surface area contributed by atoms with Gasteiger partial charge in [0.15, 0.2) is 0 Å². The highest BCUT2D eigenvalue weighted by atomic mass is 16.2. The number of hydrogen-bond acceptors (Lipinski definition) is 1. The number of amides is 1. The maximum absolute atomic E-state index is 12.0. The van der Waals surface area contributed by atoms with Crippen LogP contribution in [0.3, 0.4) is 0 Å². The van der Waals surface area contributed by atoms with Gasteiger partial charge in [0.1, 0.15) is 0 Å². The van der Waals surface area contributed by atoms with E-state index in [9.17, 15) is 4.79 Å². The summed E-state index contributed by atoms with van der Waals surface area (Å²) >= 11 is 0. The molecule has 3 rings (SSSR count). The Morgan fingerprint density at radius 2 is 2.11 bits per heavy atom. The minimum absolute atomic E-state index is 0.352. The molecule has 1 saturated heterocycles. The van der Waals surface area contributed by atoms with Crippen molar-refractivity contribution >= 4 is 5.91 Å². The van der Waals surface area contributed by atoms with Crippen LogP contribution in [0.2, 0.25) is 0 Å². The molecular weight excluding hydrogens is 222 g/mol. The predicted octanol–water partition coefficient (Wildman–Crippen LogP) is 2.65. The first-order valence-electron chi connectivity index (χ1n) is 6.98. The summed E-state index contributed by atoms with van der Waals surface area (Å²) in [4.78, 5) is 14.0. The molecule has 0 N–H and O–H groups in total. The molecule has 2 aliphatic rings. The number of carbonyl (C=O) groups excluding carboxylic acids is 1. The third kappa shape index (κ3) is 2.29. The maximum Gasteiger partial charge on any atom is 0.225 e. The van der Waals surface area contributed by atoms with E-state index >= 15 is 0 Å². The molecule has 0 aromatic heterocycles. The van der Waals surface area contributed by atoms with Gasteiger partial charge < -0.3 is 4.90 Å². The predicted molar refractivity (Wildman–Crippen MR) is 72.2 cm³/mol. The van der Waals surface area contributed by atoms with Crippen molar-refractivity contribution in [3.8, 4) is 0 Å². The molecule has 18 heavy (non-hydrogen) atoms. The molecule has 1 aromatic rings. The Morgan fingerprint density at radius 3 is 2.72 bits per heavy atom. The number of nitrogens with zero attached hydrogens (tertiary/aromatic N) is 1. The number of aryl methyl sites for hydroxylation is 1. The Bertz CT molecular complexity index is 462. The molecule has 0 spiro atoms. The molecule has 1 amide bonds. The number of carbonyl (C=O) groups is 1. The Balaban J connectivity index is 1.49. The van der Waals surface area contributed by atoms with Crippen molar-refractivity contribution in [2.75, 3.05) is 13.1 Å². The molecule has 1 heterocycles. The molecule has 96 valence electrons. The molecule has 2 heteroatoms. The summed E-state index contributed by atoms with van der Waals surface area (Å²) in [6.45, 7) is 6.24. The van der Waals surface area contributed by atoms with E-state index in [2.05, 4.69) is 43.0 Å². The van der Waals surface area contributed by atoms with Crippen LogP contribution in [-0.4, -0.2) is 23.9 Å². The standard InChI is InChI=1S/C16H21NO/c1-11-4-3-5-13(6-11)8-14-9-17(10-14)16(18)15-7-12(15)2/h3-6,12,14-15H,7-10H2,1-2H3. The number of likely N-dealkylation sites (tertiary alicyclic amines) is 1. The lowest BCUT2D eigenvalue weighted by Gasteiger charge is -2.39. The molecule has 2 nitrogen and oxygen atoms in total. The Morgan fingerprint density at radius 1 is 1.39 bits per heavy atom. The van der Waals surface area contributed by atoms with Crippen molar-refractivity contribution in [2.24, 2.45) is 17.8 Å². The van der Waals surface area contributed by atoms with Gasteiger partial charge in [-0.15, -0.1) is 0 Å². The highest BCUT2D eigenvalue weighted by molar-refractivity contribution is 5.82. The van der Waals surface area contributed by atoms with Crippen molar-refractivity contribution in [2.45, 2.75) is 26.7 Å². The maximum atomic E-state index is 12.0. The monoisotopic (exact) mass is 243 g/mol. The first kappa shape index (κ1) is 11.8. The summed E-state index contributed by atoms with van der Waals surface area (Å²) in [6, 6.07) is 8.71. The molecule has 1 aliphatic heterocycles. The molecule has 2 unspecified atom stereocenters. The van der Waals surface area contributed by atoms with Crippen LogP contribution in [0.5, 0.6) is 0 Å². The molecule has 2 fully saturated rings. The normalized spacial score (nSPS) is 26.9. The third-order valence-electron chi connectivity index (χ3n) is 4.30. The quantitative estimate of drug-likeness (QED) is 0.799. The summed E-state index contributed by atoms with van der Waals surface area (Å²) in [7, 11) is 0. The van der Waals surface area contributed by atoms with Crippen LogP contribution in [-0.2, 0) is 11.2 Å². The topological polar surface area (TPSA) is 20.3 Å². The fourth-order valence-corrected chi connectivity index (χ4v) is 2.95. The highest BCUT2D eigenvalue weighted by Gasteiger charge is 2.44. The van der Waals surface area contributed by atoms with Crippen LogP contribution in [0.15, 0.2) is 24.3 Å². The van der Waals surface area contributed by atoms with Gasteiger partial charge in [-0.1, -0.05) is 36.8 Å². The van der Waals surface area contributed by atoms with E-state index in [1.165, 1.54) is 11.1 Å². The van der Waals surface area contributed by atoms with Gasteiger partial charge in [0.05, 0.1) is 0 Å². The summed E-state index contributed by atoms with van der Waals surface area (Å²) in [5.74, 6) is 2.06. The molecule has 2 atom stereocenters. The molecule has 0 radical (unpaired) electrons. The van der Waals surface area contributed by atoms with Gasteiger partial charge in [-0.25, -0.2) is 0 Å². The lowest BCUT2D eigenvalue weighted by molar-refractivity contribution is -0.139. The second kappa shape index (κ2) is 4.42. The van der Waals surface area contributed by atoms with Crippen molar-refractivity contribution < 1.29 is 4.79 Å². The largest absolute Gasteiger partial charge is 0.342 e. The number of rotatable bonds is 3. The van der Waals surface area contributed by atoms with Gasteiger partial charge in [0.2, 0.25) is 5.91 Å². The molecule has 1 aromatic carbocycles. The highest BCUT2D eigenvalue weighted by Crippen LogP contribution is 2.40. The van der Waals surface area contributed by atoms with Gasteiger partial charge in [0, 0.05) is 19.0 Å². The zero-order chi connectivity index (χ0) is 12.7. The summed E-state index contributed by atoms with van der Waals surface area (Å²) in [6.07, 6.45) is 2.23. The van der Waals surface area contributed by atoms with E-state index in [4.69, 9.17) is 0 Å². The summed E-state index contributed by atoms with van der Waals surface area (Å²) in [5, 5.41) is 0. The third-order valence-corrected chi connectivity index (χ3v) is 4.30. The van der Waals surface area contributed by atoms with Crippen LogP contribution in [0.25, 0.3) is 0 Å². The van der Waals surface area contributed by atoms with Gasteiger partial charge in [-0.05, 0) is 37.2 Å². The zero-order valence-electron chi connectivity index (χ0n) is 11.2. The van der Waals surface area contributed by atoms with Gasteiger partial charge >= 0.3 is 0 Å². The Kier molecular flexibility index (Phi) is 2.89. The van der Waals surface area contributed by atoms with Gasteiger partial charge in [-0.2, -0.15) is 0 Å². The van der Waals surface area contributed by atoms with Crippen LogP contribution in [0.4, 0.5) is 0 Å². The Hall–Kier alpha value is -1.31. The Labute approximate surface area is 109 Å². The zero-order valence-corrected chi connectivity index (χ0v) is 11.2. The van der Waals surface area contributed by atoms with Crippen LogP contribution < -0.4 is 0 Å². The lowest BCUT2D eigenvalue weighted by Crippen LogP contribution is -2.51. The fourth-order valence-electron chi connectivity index (χ4n) is 2.95. The average Bonchev–Trinajstić information content (AvgIpc) is 3.00. The van der Waals surface area contributed by atoms with E-state index in [1.807, 2.05) is 0 Å². The van der Waals surface area contributed by atoms with Crippen LogP contribution >= 0.6 is 0 Å². The lowest BCUT2D eigenvalue weighted by atomic mass is 9.91. The first-order valence-corrected chi connectivity index (χ1v) is 6.98. The van der Waals surface area contributed by atoms with E-state index in [0.717, 1.165) is 25.9 Å². The van der Waals surface area contributed by atoms with Crippen molar-refractivity contribution in [1.82, 2.24) is 4.90 Å². The average molecular weight is 243 g/mol. The second-order valence-corrected chi connectivity index (χ2v) is 6.12. The van der Waals surface area contributed by atoms with Gasteiger partial charge in [0.25, 0.3) is 0 Å². The van der Waals surface area contributed by atoms with E-state index in [1.54, 1.807) is 0 Å². The van der Waals surface area contributed by atoms with Crippen molar-refractivity contribution in [1.29, 1.82) is 0 Å². The minimum Gasteiger partial charge on any atom is -0.342 e.